The number of carboxylic acids is 1. The number of likely N-dealkylation sites (tertiary alicyclic amines) is 1. The summed E-state index contributed by atoms with van der Waals surface area (Å²) in [7, 11) is 0. The van der Waals surface area contributed by atoms with Crippen LogP contribution < -0.4 is 0 Å². The van der Waals surface area contributed by atoms with Crippen molar-refractivity contribution >= 4 is 58.0 Å². The lowest BCUT2D eigenvalue weighted by Gasteiger charge is -2.27. The van der Waals surface area contributed by atoms with Gasteiger partial charge < -0.3 is 10.0 Å². The smallest absolute Gasteiger partial charge is 0.327 e. The van der Waals surface area contributed by atoms with Gasteiger partial charge in [0.2, 0.25) is 0 Å². The highest BCUT2D eigenvalue weighted by Gasteiger charge is 2.57. The van der Waals surface area contributed by atoms with Crippen LogP contribution in [0.5, 0.6) is 0 Å². The molecule has 2 aromatic heterocycles. The molecule has 4 unspecified atom stereocenters. The van der Waals surface area contributed by atoms with E-state index in [2.05, 4.69) is 0 Å². The Bertz CT molecular complexity index is 1430. The maximum Gasteiger partial charge on any atom is 0.327 e. The molecule has 0 aliphatic carbocycles. The number of amides is 1. The minimum Gasteiger partial charge on any atom is -0.480 e. The van der Waals surface area contributed by atoms with Gasteiger partial charge in [0.05, 0.1) is 16.8 Å². The number of aliphatic carboxylic acids is 1. The number of halogens is 1. The Labute approximate surface area is 227 Å². The van der Waals surface area contributed by atoms with Crippen LogP contribution in [0.2, 0.25) is 5.02 Å². The lowest BCUT2D eigenvalue weighted by Crippen LogP contribution is -2.46. The molecular formula is C29H22ClNO4S2. The molecule has 0 radical (unpaired) electrons. The zero-order valence-corrected chi connectivity index (χ0v) is 21.8. The molecule has 5 rings (SSSR count). The van der Waals surface area contributed by atoms with Crippen molar-refractivity contribution in [3.63, 3.8) is 0 Å². The van der Waals surface area contributed by atoms with Crippen LogP contribution in [-0.4, -0.2) is 39.7 Å². The van der Waals surface area contributed by atoms with Gasteiger partial charge in [-0.25, -0.2) is 4.79 Å². The van der Waals surface area contributed by atoms with Crippen LogP contribution in [0.1, 0.15) is 36.4 Å². The molecule has 1 aliphatic heterocycles. The van der Waals surface area contributed by atoms with E-state index in [1.807, 2.05) is 53.9 Å². The first-order valence-corrected chi connectivity index (χ1v) is 13.7. The van der Waals surface area contributed by atoms with Crippen molar-refractivity contribution in [3.8, 4) is 0 Å². The SMILES string of the molecule is O=C(c1cccc(Cl)c1)C1C(c2cccs2)C(C(=O)O)N(C(=O)c2cccs2)C1C=Cc1ccccc1. The van der Waals surface area contributed by atoms with Gasteiger partial charge in [-0.05, 0) is 40.6 Å². The number of nitrogens with zero attached hydrogens (tertiary/aromatic N) is 1. The maximum atomic E-state index is 14.1. The number of rotatable bonds is 7. The van der Waals surface area contributed by atoms with Crippen LogP contribution in [-0.2, 0) is 4.79 Å². The van der Waals surface area contributed by atoms with E-state index in [0.29, 0.717) is 15.5 Å². The van der Waals surface area contributed by atoms with Gasteiger partial charge in [-0.1, -0.05) is 78.4 Å². The lowest BCUT2D eigenvalue weighted by atomic mass is 9.80. The molecule has 8 heteroatoms. The summed E-state index contributed by atoms with van der Waals surface area (Å²) in [6, 6.07) is 21.2. The molecule has 1 aliphatic rings. The summed E-state index contributed by atoms with van der Waals surface area (Å²) in [5, 5.41) is 14.5. The number of hydrogen-bond acceptors (Lipinski definition) is 5. The van der Waals surface area contributed by atoms with E-state index in [4.69, 9.17) is 11.6 Å². The summed E-state index contributed by atoms with van der Waals surface area (Å²) >= 11 is 8.85. The zero-order chi connectivity index (χ0) is 25.9. The third-order valence-electron chi connectivity index (χ3n) is 6.50. The highest BCUT2D eigenvalue weighted by atomic mass is 35.5. The second-order valence-corrected chi connectivity index (χ2v) is 11.0. The summed E-state index contributed by atoms with van der Waals surface area (Å²) in [4.78, 5) is 43.3. The van der Waals surface area contributed by atoms with Gasteiger partial charge in [-0.15, -0.1) is 22.7 Å². The summed E-state index contributed by atoms with van der Waals surface area (Å²) in [5.41, 5.74) is 1.26. The number of carbonyl (C=O) groups is 3. The molecule has 4 aromatic rings. The highest BCUT2D eigenvalue weighted by molar-refractivity contribution is 7.12. The largest absolute Gasteiger partial charge is 0.480 e. The predicted octanol–water partition coefficient (Wildman–Crippen LogP) is 6.74. The average molecular weight is 548 g/mol. The van der Waals surface area contributed by atoms with Gasteiger partial charge >= 0.3 is 5.97 Å². The van der Waals surface area contributed by atoms with Gasteiger partial charge in [0.25, 0.3) is 5.91 Å². The second-order valence-electron chi connectivity index (χ2n) is 8.67. The first kappa shape index (κ1) is 25.1. The van der Waals surface area contributed by atoms with Crippen molar-refractivity contribution in [3.05, 3.63) is 122 Å². The van der Waals surface area contributed by atoms with Crippen LogP contribution in [0.4, 0.5) is 0 Å². The van der Waals surface area contributed by atoms with Crippen LogP contribution in [0.3, 0.4) is 0 Å². The molecule has 1 saturated heterocycles. The number of ketones is 1. The van der Waals surface area contributed by atoms with Crippen molar-refractivity contribution in [1.82, 2.24) is 4.90 Å². The fourth-order valence-corrected chi connectivity index (χ4v) is 6.72. The Morgan fingerprint density at radius 3 is 2.30 bits per heavy atom. The number of hydrogen-bond donors (Lipinski definition) is 1. The van der Waals surface area contributed by atoms with E-state index in [1.165, 1.54) is 27.6 Å². The standard InChI is InChI=1S/C29H22ClNO4S2/c30-20-10-4-9-19(17-20)27(32)24-21(14-13-18-7-2-1-3-8-18)31(28(33)23-12-6-16-37-23)26(29(34)35)25(24)22-11-5-15-36-22/h1-17,21,24-26H,(H,34,35). The molecule has 5 nitrogen and oxygen atoms in total. The van der Waals surface area contributed by atoms with E-state index in [0.717, 1.165) is 10.4 Å². The fourth-order valence-electron chi connectivity index (χ4n) is 4.95. The summed E-state index contributed by atoms with van der Waals surface area (Å²) in [5.74, 6) is -3.38. The summed E-state index contributed by atoms with van der Waals surface area (Å²) in [6.07, 6.45) is 3.63. The topological polar surface area (TPSA) is 74.7 Å². The van der Waals surface area contributed by atoms with Crippen molar-refractivity contribution in [1.29, 1.82) is 0 Å². The summed E-state index contributed by atoms with van der Waals surface area (Å²) < 4.78 is 0. The Morgan fingerprint density at radius 2 is 1.65 bits per heavy atom. The Balaban J connectivity index is 1.70. The number of benzene rings is 2. The fraction of sp³-hybridized carbons (Fsp3) is 0.138. The van der Waals surface area contributed by atoms with Gasteiger partial charge in [0, 0.05) is 21.4 Å². The van der Waals surface area contributed by atoms with E-state index >= 15 is 0 Å². The molecule has 37 heavy (non-hydrogen) atoms. The van der Waals surface area contributed by atoms with E-state index in [-0.39, 0.29) is 5.78 Å². The Morgan fingerprint density at radius 1 is 0.892 bits per heavy atom. The predicted molar refractivity (Wildman–Crippen MR) is 148 cm³/mol. The number of thiophene rings is 2. The molecule has 0 bridgehead atoms. The monoisotopic (exact) mass is 547 g/mol. The van der Waals surface area contributed by atoms with Crippen molar-refractivity contribution < 1.29 is 19.5 Å². The number of carbonyl (C=O) groups excluding carboxylic acids is 2. The second kappa shape index (κ2) is 10.8. The molecule has 1 fully saturated rings. The lowest BCUT2D eigenvalue weighted by molar-refractivity contribution is -0.142. The molecule has 3 heterocycles. The van der Waals surface area contributed by atoms with Crippen LogP contribution in [0.25, 0.3) is 6.08 Å². The zero-order valence-electron chi connectivity index (χ0n) is 19.4. The van der Waals surface area contributed by atoms with E-state index in [9.17, 15) is 19.5 Å². The molecule has 4 atom stereocenters. The average Bonchev–Trinajstić information content (AvgIpc) is 3.67. The van der Waals surface area contributed by atoms with Gasteiger partial charge in [0.1, 0.15) is 6.04 Å². The Hall–Kier alpha value is -3.52. The van der Waals surface area contributed by atoms with E-state index in [1.54, 1.807) is 47.9 Å². The quantitative estimate of drug-likeness (QED) is 0.260. The Kier molecular flexibility index (Phi) is 7.37. The minimum atomic E-state index is -1.23. The van der Waals surface area contributed by atoms with E-state index < -0.39 is 35.8 Å². The molecule has 2 aromatic carbocycles. The van der Waals surface area contributed by atoms with Crippen molar-refractivity contribution in [2.24, 2.45) is 5.92 Å². The molecule has 0 saturated carbocycles. The highest BCUT2D eigenvalue weighted by Crippen LogP contribution is 2.47. The molecule has 1 amide bonds. The third kappa shape index (κ3) is 5.03. The van der Waals surface area contributed by atoms with Gasteiger partial charge in [0.15, 0.2) is 5.78 Å². The van der Waals surface area contributed by atoms with Crippen LogP contribution >= 0.6 is 34.3 Å². The van der Waals surface area contributed by atoms with Gasteiger partial charge in [-0.3, -0.25) is 9.59 Å². The van der Waals surface area contributed by atoms with Gasteiger partial charge in [-0.2, -0.15) is 0 Å². The van der Waals surface area contributed by atoms with Crippen molar-refractivity contribution in [2.75, 3.05) is 0 Å². The molecular weight excluding hydrogens is 526 g/mol. The molecule has 186 valence electrons. The first-order chi connectivity index (χ1) is 18.0. The number of Topliss-reactive ketones (excluding diaryl/α,β-unsaturated/α-hetero) is 1. The summed E-state index contributed by atoms with van der Waals surface area (Å²) in [6.45, 7) is 0. The van der Waals surface area contributed by atoms with Crippen molar-refractivity contribution in [2.45, 2.75) is 18.0 Å². The van der Waals surface area contributed by atoms with Crippen LogP contribution in [0.15, 0.2) is 95.7 Å². The minimum absolute atomic E-state index is 0.253. The maximum absolute atomic E-state index is 14.1. The first-order valence-electron chi connectivity index (χ1n) is 11.6. The third-order valence-corrected chi connectivity index (χ3v) is 8.57. The molecule has 1 N–H and O–H groups in total. The van der Waals surface area contributed by atoms with Crippen LogP contribution in [0, 0.1) is 5.92 Å². The molecule has 0 spiro atoms. The number of carboxylic acid groups (broad SMARTS) is 1. The normalized spacial score (nSPS) is 21.4.